The number of aromatic nitrogens is 1. The van der Waals surface area contributed by atoms with Crippen LogP contribution in [-0.2, 0) is 0 Å². The summed E-state index contributed by atoms with van der Waals surface area (Å²) in [6.07, 6.45) is 2.35. The average Bonchev–Trinajstić information content (AvgIpc) is 2.97. The van der Waals surface area contributed by atoms with Crippen molar-refractivity contribution in [1.29, 1.82) is 0 Å². The molecule has 1 aromatic rings. The van der Waals surface area contributed by atoms with E-state index in [9.17, 15) is 4.79 Å². The molecule has 0 atom stereocenters. The molecule has 2 rings (SSSR count). The molecule has 0 aromatic carbocycles. The van der Waals surface area contributed by atoms with Crippen LogP contribution >= 0.6 is 11.6 Å². The Morgan fingerprint density at radius 2 is 2.33 bits per heavy atom. The number of rotatable bonds is 4. The van der Waals surface area contributed by atoms with Gasteiger partial charge >= 0.3 is 5.97 Å². The second kappa shape index (κ2) is 4.06. The summed E-state index contributed by atoms with van der Waals surface area (Å²) in [4.78, 5) is 14.6. The van der Waals surface area contributed by atoms with Gasteiger partial charge in [-0.2, -0.15) is 0 Å². The molecule has 0 aliphatic heterocycles. The van der Waals surface area contributed by atoms with E-state index in [0.29, 0.717) is 12.5 Å². The molecule has 15 heavy (non-hydrogen) atoms. The molecule has 1 aromatic heterocycles. The number of carboxylic acid groups (broad SMARTS) is 1. The summed E-state index contributed by atoms with van der Waals surface area (Å²) in [5.74, 6) is -0.151. The maximum absolute atomic E-state index is 10.7. The van der Waals surface area contributed by atoms with Crippen LogP contribution in [0.15, 0.2) is 12.1 Å². The number of hydrogen-bond donors (Lipinski definition) is 1. The molecular weight excluding hydrogens is 218 g/mol. The number of aromatic carboxylic acids is 1. The second-order valence-electron chi connectivity index (χ2n) is 3.58. The van der Waals surface area contributed by atoms with Crippen molar-refractivity contribution in [2.45, 2.75) is 12.8 Å². The van der Waals surface area contributed by atoms with Gasteiger partial charge in [-0.15, -0.1) is 0 Å². The van der Waals surface area contributed by atoms with Gasteiger partial charge in [0.25, 0.3) is 0 Å². The molecule has 1 fully saturated rings. The van der Waals surface area contributed by atoms with Crippen LogP contribution in [0, 0.1) is 5.92 Å². The maximum Gasteiger partial charge on any atom is 0.335 e. The van der Waals surface area contributed by atoms with Crippen LogP contribution in [0.25, 0.3) is 0 Å². The normalized spacial score (nSPS) is 15.0. The Kier molecular flexibility index (Phi) is 2.77. The fraction of sp³-hybridized carbons (Fsp3) is 0.400. The minimum atomic E-state index is -1.03. The van der Waals surface area contributed by atoms with Crippen LogP contribution in [0.5, 0.6) is 5.88 Å². The largest absolute Gasteiger partial charge is 0.478 e. The SMILES string of the molecule is O=C(O)c1cc(Cl)nc(OCC2CC2)c1. The predicted molar refractivity (Wildman–Crippen MR) is 54.4 cm³/mol. The second-order valence-corrected chi connectivity index (χ2v) is 3.96. The molecule has 5 heteroatoms. The Hall–Kier alpha value is -1.29. The highest BCUT2D eigenvalue weighted by molar-refractivity contribution is 6.29. The van der Waals surface area contributed by atoms with Crippen molar-refractivity contribution < 1.29 is 14.6 Å². The van der Waals surface area contributed by atoms with Gasteiger partial charge in [0.1, 0.15) is 5.15 Å². The quantitative estimate of drug-likeness (QED) is 0.802. The molecule has 0 unspecified atom stereocenters. The van der Waals surface area contributed by atoms with Crippen molar-refractivity contribution in [2.24, 2.45) is 5.92 Å². The van der Waals surface area contributed by atoms with Crippen LogP contribution in [0.4, 0.5) is 0 Å². The van der Waals surface area contributed by atoms with E-state index in [1.807, 2.05) is 0 Å². The summed E-state index contributed by atoms with van der Waals surface area (Å²) in [6.45, 7) is 0.590. The van der Waals surface area contributed by atoms with Crippen molar-refractivity contribution in [3.05, 3.63) is 22.8 Å². The molecule has 0 bridgehead atoms. The lowest BCUT2D eigenvalue weighted by Gasteiger charge is -2.05. The standard InChI is InChI=1S/C10H10ClNO3/c11-8-3-7(10(13)14)4-9(12-8)15-5-6-1-2-6/h3-4,6H,1-2,5H2,(H,13,14). The lowest BCUT2D eigenvalue weighted by atomic mass is 10.3. The molecule has 80 valence electrons. The van der Waals surface area contributed by atoms with Gasteiger partial charge in [-0.1, -0.05) is 11.6 Å². The Balaban J connectivity index is 2.10. The van der Waals surface area contributed by atoms with E-state index in [0.717, 1.165) is 0 Å². The minimum Gasteiger partial charge on any atom is -0.478 e. The Morgan fingerprint density at radius 1 is 1.60 bits per heavy atom. The van der Waals surface area contributed by atoms with E-state index in [1.165, 1.54) is 25.0 Å². The zero-order valence-corrected chi connectivity index (χ0v) is 8.70. The van der Waals surface area contributed by atoms with Crippen LogP contribution in [0.3, 0.4) is 0 Å². The van der Waals surface area contributed by atoms with Gasteiger partial charge in [0.05, 0.1) is 12.2 Å². The number of pyridine rings is 1. The number of carboxylic acids is 1. The number of ether oxygens (including phenoxy) is 1. The summed E-state index contributed by atoms with van der Waals surface area (Å²) in [5.41, 5.74) is 0.0980. The first-order valence-corrected chi connectivity index (χ1v) is 5.06. The van der Waals surface area contributed by atoms with E-state index < -0.39 is 5.97 Å². The van der Waals surface area contributed by atoms with Crippen LogP contribution in [-0.4, -0.2) is 22.7 Å². The summed E-state index contributed by atoms with van der Waals surface area (Å²) >= 11 is 5.67. The molecule has 1 aliphatic carbocycles. The fourth-order valence-electron chi connectivity index (χ4n) is 1.16. The lowest BCUT2D eigenvalue weighted by molar-refractivity contribution is 0.0696. The molecule has 0 saturated heterocycles. The van der Waals surface area contributed by atoms with E-state index in [-0.39, 0.29) is 16.6 Å². The third-order valence-corrected chi connectivity index (χ3v) is 2.38. The topological polar surface area (TPSA) is 59.4 Å². The van der Waals surface area contributed by atoms with E-state index in [4.69, 9.17) is 21.4 Å². The molecule has 0 spiro atoms. The van der Waals surface area contributed by atoms with Gasteiger partial charge < -0.3 is 9.84 Å². The average molecular weight is 228 g/mol. The molecule has 0 amide bonds. The summed E-state index contributed by atoms with van der Waals surface area (Å²) < 4.78 is 5.34. The fourth-order valence-corrected chi connectivity index (χ4v) is 1.36. The van der Waals surface area contributed by atoms with Crippen LogP contribution in [0.2, 0.25) is 5.15 Å². The smallest absolute Gasteiger partial charge is 0.335 e. The molecular formula is C10H10ClNO3. The third kappa shape index (κ3) is 2.83. The first kappa shape index (κ1) is 10.2. The van der Waals surface area contributed by atoms with Gasteiger partial charge in [-0.05, 0) is 24.8 Å². The van der Waals surface area contributed by atoms with Crippen molar-refractivity contribution in [3.63, 3.8) is 0 Å². The third-order valence-electron chi connectivity index (χ3n) is 2.18. The zero-order valence-electron chi connectivity index (χ0n) is 7.94. The number of nitrogens with zero attached hydrogens (tertiary/aromatic N) is 1. The van der Waals surface area contributed by atoms with Gasteiger partial charge in [-0.3, -0.25) is 0 Å². The molecule has 0 radical (unpaired) electrons. The summed E-state index contributed by atoms with van der Waals surface area (Å²) in [6, 6.07) is 2.68. The van der Waals surface area contributed by atoms with Crippen molar-refractivity contribution in [3.8, 4) is 5.88 Å². The first-order valence-electron chi connectivity index (χ1n) is 4.69. The van der Waals surface area contributed by atoms with Crippen LogP contribution < -0.4 is 4.74 Å². The van der Waals surface area contributed by atoms with E-state index in [1.54, 1.807) is 0 Å². The van der Waals surface area contributed by atoms with Gasteiger partial charge in [-0.25, -0.2) is 9.78 Å². The molecule has 1 saturated carbocycles. The first-order chi connectivity index (χ1) is 7.15. The summed E-state index contributed by atoms with van der Waals surface area (Å²) in [5, 5.41) is 8.92. The van der Waals surface area contributed by atoms with Gasteiger partial charge in [0.2, 0.25) is 5.88 Å². The highest BCUT2D eigenvalue weighted by atomic mass is 35.5. The zero-order chi connectivity index (χ0) is 10.8. The van der Waals surface area contributed by atoms with Crippen molar-refractivity contribution >= 4 is 17.6 Å². The monoisotopic (exact) mass is 227 g/mol. The van der Waals surface area contributed by atoms with Gasteiger partial charge in [0, 0.05) is 6.07 Å². The van der Waals surface area contributed by atoms with E-state index in [2.05, 4.69) is 4.98 Å². The predicted octanol–water partition coefficient (Wildman–Crippen LogP) is 2.22. The number of hydrogen-bond acceptors (Lipinski definition) is 3. The highest BCUT2D eigenvalue weighted by Gasteiger charge is 2.22. The molecule has 1 heterocycles. The summed E-state index contributed by atoms with van der Waals surface area (Å²) in [7, 11) is 0. The molecule has 4 nitrogen and oxygen atoms in total. The van der Waals surface area contributed by atoms with Crippen molar-refractivity contribution in [2.75, 3.05) is 6.61 Å². The highest BCUT2D eigenvalue weighted by Crippen LogP contribution is 2.29. The number of carbonyl (C=O) groups is 1. The molecule has 1 aliphatic rings. The van der Waals surface area contributed by atoms with Gasteiger partial charge in [0.15, 0.2) is 0 Å². The van der Waals surface area contributed by atoms with Crippen LogP contribution in [0.1, 0.15) is 23.2 Å². The lowest BCUT2D eigenvalue weighted by Crippen LogP contribution is -2.03. The Morgan fingerprint density at radius 3 is 2.93 bits per heavy atom. The maximum atomic E-state index is 10.7. The Bertz CT molecular complexity index is 390. The molecule has 1 N–H and O–H groups in total. The van der Waals surface area contributed by atoms with Crippen molar-refractivity contribution in [1.82, 2.24) is 4.98 Å². The number of halogens is 1. The Labute approximate surface area is 91.8 Å². The minimum absolute atomic E-state index is 0.0980. The van der Waals surface area contributed by atoms with E-state index >= 15 is 0 Å².